The lowest BCUT2D eigenvalue weighted by atomic mass is 10.3. The fourth-order valence-electron chi connectivity index (χ4n) is 1.05. The molecule has 100 valence electrons. The first-order valence-electron chi connectivity index (χ1n) is 5.34. The summed E-state index contributed by atoms with van der Waals surface area (Å²) in [7, 11) is 2.95. The van der Waals surface area contributed by atoms with E-state index in [2.05, 4.69) is 5.32 Å². The fourth-order valence-corrected chi connectivity index (χ4v) is 1.05. The fraction of sp³-hybridized carbons (Fsp3) is 0.800. The molecule has 0 radical (unpaired) electrons. The van der Waals surface area contributed by atoms with Crippen molar-refractivity contribution in [3.8, 4) is 0 Å². The van der Waals surface area contributed by atoms with Gasteiger partial charge in [0.15, 0.2) is 6.04 Å². The molecule has 0 aromatic heterocycles. The van der Waals surface area contributed by atoms with Crippen LogP contribution < -0.4 is 5.32 Å². The summed E-state index contributed by atoms with van der Waals surface area (Å²) in [5, 5.41) is 11.2. The van der Waals surface area contributed by atoms with Crippen molar-refractivity contribution in [1.82, 2.24) is 10.2 Å². The highest BCUT2D eigenvalue weighted by molar-refractivity contribution is 5.82. The normalized spacial score (nSPS) is 11.9. The number of carbonyl (C=O) groups is 2. The van der Waals surface area contributed by atoms with E-state index in [-0.39, 0.29) is 6.61 Å². The van der Waals surface area contributed by atoms with Gasteiger partial charge in [0, 0.05) is 27.3 Å². The van der Waals surface area contributed by atoms with E-state index in [1.807, 2.05) is 6.92 Å². The number of aliphatic carboxylic acids is 1. The Balaban J connectivity index is 4.06. The Bertz CT molecular complexity index is 247. The van der Waals surface area contributed by atoms with Crippen molar-refractivity contribution in [3.05, 3.63) is 0 Å². The molecule has 0 saturated carbocycles. The van der Waals surface area contributed by atoms with Crippen LogP contribution in [0.4, 0.5) is 4.79 Å². The molecule has 2 N–H and O–H groups in total. The number of likely N-dealkylation sites (N-methyl/N-ethyl adjacent to an activating group) is 1. The van der Waals surface area contributed by atoms with Gasteiger partial charge in [-0.05, 0) is 6.92 Å². The Morgan fingerprint density at radius 1 is 1.47 bits per heavy atom. The Morgan fingerprint density at radius 3 is 2.59 bits per heavy atom. The molecule has 1 unspecified atom stereocenters. The number of amides is 2. The highest BCUT2D eigenvalue weighted by Crippen LogP contribution is 1.91. The van der Waals surface area contributed by atoms with Crippen molar-refractivity contribution < 1.29 is 24.2 Å². The molecule has 0 spiro atoms. The van der Waals surface area contributed by atoms with Crippen LogP contribution in [0.3, 0.4) is 0 Å². The summed E-state index contributed by atoms with van der Waals surface area (Å²) in [4.78, 5) is 23.7. The predicted molar refractivity (Wildman–Crippen MR) is 61.0 cm³/mol. The van der Waals surface area contributed by atoms with Crippen LogP contribution in [0.2, 0.25) is 0 Å². The number of hydrogen-bond acceptors (Lipinski definition) is 4. The van der Waals surface area contributed by atoms with Crippen molar-refractivity contribution in [2.75, 3.05) is 40.5 Å². The van der Waals surface area contributed by atoms with Crippen LogP contribution in [0, 0.1) is 0 Å². The SMILES string of the molecule is CCOCCN(C)C(=O)NC(COC)C(=O)O. The van der Waals surface area contributed by atoms with Gasteiger partial charge in [0.1, 0.15) is 0 Å². The standard InChI is InChI=1S/C10H20N2O5/c1-4-17-6-5-12(2)10(15)11-8(7-16-3)9(13)14/h8H,4-7H2,1-3H3,(H,11,15)(H,13,14). The second-order valence-corrected chi connectivity index (χ2v) is 3.41. The van der Waals surface area contributed by atoms with Gasteiger partial charge in [-0.3, -0.25) is 0 Å². The van der Waals surface area contributed by atoms with Gasteiger partial charge < -0.3 is 24.8 Å². The van der Waals surface area contributed by atoms with Gasteiger partial charge in [-0.1, -0.05) is 0 Å². The second kappa shape index (κ2) is 8.77. The maximum Gasteiger partial charge on any atom is 0.328 e. The zero-order valence-corrected chi connectivity index (χ0v) is 10.4. The summed E-state index contributed by atoms with van der Waals surface area (Å²) < 4.78 is 9.80. The van der Waals surface area contributed by atoms with Crippen LogP contribution in [0.5, 0.6) is 0 Å². The Morgan fingerprint density at radius 2 is 2.12 bits per heavy atom. The van der Waals surface area contributed by atoms with Gasteiger partial charge in [0.25, 0.3) is 0 Å². The first kappa shape index (κ1) is 15.7. The zero-order chi connectivity index (χ0) is 13.3. The molecule has 0 aliphatic rings. The maximum absolute atomic E-state index is 11.6. The molecule has 0 bridgehead atoms. The average molecular weight is 248 g/mol. The minimum Gasteiger partial charge on any atom is -0.480 e. The van der Waals surface area contributed by atoms with Gasteiger partial charge in [-0.2, -0.15) is 0 Å². The second-order valence-electron chi connectivity index (χ2n) is 3.41. The number of ether oxygens (including phenoxy) is 2. The van der Waals surface area contributed by atoms with Crippen molar-refractivity contribution in [1.29, 1.82) is 0 Å². The number of methoxy groups -OCH3 is 1. The number of nitrogens with one attached hydrogen (secondary N) is 1. The maximum atomic E-state index is 11.6. The van der Waals surface area contributed by atoms with E-state index in [0.29, 0.717) is 19.8 Å². The minimum atomic E-state index is -1.13. The molecule has 0 aromatic rings. The van der Waals surface area contributed by atoms with E-state index in [1.165, 1.54) is 12.0 Å². The van der Waals surface area contributed by atoms with E-state index in [4.69, 9.17) is 14.6 Å². The van der Waals surface area contributed by atoms with Crippen molar-refractivity contribution in [2.24, 2.45) is 0 Å². The van der Waals surface area contributed by atoms with Gasteiger partial charge in [0.05, 0.1) is 13.2 Å². The van der Waals surface area contributed by atoms with Crippen LogP contribution in [0.1, 0.15) is 6.92 Å². The summed E-state index contributed by atoms with van der Waals surface area (Å²) in [6, 6.07) is -1.50. The lowest BCUT2D eigenvalue weighted by Crippen LogP contribution is -2.49. The third-order valence-electron chi connectivity index (χ3n) is 2.05. The molecule has 0 aliphatic heterocycles. The quantitative estimate of drug-likeness (QED) is 0.579. The van der Waals surface area contributed by atoms with E-state index < -0.39 is 18.0 Å². The van der Waals surface area contributed by atoms with Gasteiger partial charge in [0.2, 0.25) is 0 Å². The Labute approximate surface area is 101 Å². The number of carboxylic acids is 1. The van der Waals surface area contributed by atoms with E-state index >= 15 is 0 Å². The lowest BCUT2D eigenvalue weighted by Gasteiger charge is -2.20. The number of hydrogen-bond donors (Lipinski definition) is 2. The molecule has 17 heavy (non-hydrogen) atoms. The lowest BCUT2D eigenvalue weighted by molar-refractivity contribution is -0.140. The van der Waals surface area contributed by atoms with Gasteiger partial charge in [-0.15, -0.1) is 0 Å². The molecule has 0 aliphatic carbocycles. The molecule has 0 rings (SSSR count). The number of nitrogens with zero attached hydrogens (tertiary/aromatic N) is 1. The van der Waals surface area contributed by atoms with E-state index in [1.54, 1.807) is 7.05 Å². The van der Waals surface area contributed by atoms with Crippen LogP contribution in [0.15, 0.2) is 0 Å². The molecular formula is C10H20N2O5. The highest BCUT2D eigenvalue weighted by atomic mass is 16.5. The van der Waals surface area contributed by atoms with Crippen molar-refractivity contribution >= 4 is 12.0 Å². The Kier molecular flexibility index (Phi) is 8.08. The molecule has 7 nitrogen and oxygen atoms in total. The Hall–Kier alpha value is -1.34. The molecule has 0 aromatic carbocycles. The highest BCUT2D eigenvalue weighted by Gasteiger charge is 2.21. The van der Waals surface area contributed by atoms with Crippen LogP contribution >= 0.6 is 0 Å². The molecular weight excluding hydrogens is 228 g/mol. The minimum absolute atomic E-state index is 0.0691. The summed E-state index contributed by atoms with van der Waals surface area (Å²) in [6.07, 6.45) is 0. The largest absolute Gasteiger partial charge is 0.480 e. The average Bonchev–Trinajstić information content (AvgIpc) is 2.28. The topological polar surface area (TPSA) is 88.1 Å². The molecule has 0 heterocycles. The third kappa shape index (κ3) is 6.75. The van der Waals surface area contributed by atoms with E-state index in [9.17, 15) is 9.59 Å². The summed E-state index contributed by atoms with van der Waals surface area (Å²) in [5.41, 5.74) is 0. The third-order valence-corrected chi connectivity index (χ3v) is 2.05. The predicted octanol–water partition coefficient (Wildman–Crippen LogP) is -0.236. The summed E-state index contributed by atoms with van der Waals surface area (Å²) in [6.45, 7) is 3.19. The van der Waals surface area contributed by atoms with Gasteiger partial charge >= 0.3 is 12.0 Å². The van der Waals surface area contributed by atoms with Crippen LogP contribution in [0.25, 0.3) is 0 Å². The smallest absolute Gasteiger partial charge is 0.328 e. The number of carbonyl (C=O) groups excluding carboxylic acids is 1. The molecule has 0 saturated heterocycles. The molecule has 2 amide bonds. The van der Waals surface area contributed by atoms with Gasteiger partial charge in [-0.25, -0.2) is 9.59 Å². The zero-order valence-electron chi connectivity index (χ0n) is 10.4. The van der Waals surface area contributed by atoms with Crippen LogP contribution in [-0.4, -0.2) is 68.6 Å². The molecule has 7 heteroatoms. The monoisotopic (exact) mass is 248 g/mol. The summed E-state index contributed by atoms with van der Waals surface area (Å²) >= 11 is 0. The van der Waals surface area contributed by atoms with Crippen LogP contribution in [-0.2, 0) is 14.3 Å². The molecule has 0 fully saturated rings. The molecule has 1 atom stereocenters. The van der Waals surface area contributed by atoms with Crippen molar-refractivity contribution in [2.45, 2.75) is 13.0 Å². The van der Waals surface area contributed by atoms with Crippen molar-refractivity contribution in [3.63, 3.8) is 0 Å². The first-order chi connectivity index (χ1) is 8.02. The number of carboxylic acid groups (broad SMARTS) is 1. The number of rotatable bonds is 8. The first-order valence-corrected chi connectivity index (χ1v) is 5.34. The van der Waals surface area contributed by atoms with E-state index in [0.717, 1.165) is 0 Å². The summed E-state index contributed by atoms with van der Waals surface area (Å²) in [5.74, 6) is -1.13. The number of urea groups is 1.